The molecule has 0 saturated carbocycles. The lowest BCUT2D eigenvalue weighted by Crippen LogP contribution is -2.47. The second-order valence-corrected chi connectivity index (χ2v) is 8.68. The lowest BCUT2D eigenvalue weighted by molar-refractivity contribution is -0.0246. The number of hydrogen-bond acceptors (Lipinski definition) is 5. The number of likely N-dealkylation sites (N-methyl/N-ethyl adjacent to an activating group) is 1. The van der Waals surface area contributed by atoms with E-state index in [0.29, 0.717) is 49.6 Å². The van der Waals surface area contributed by atoms with E-state index >= 15 is 0 Å². The molecule has 0 aliphatic carbocycles. The van der Waals surface area contributed by atoms with Gasteiger partial charge < -0.3 is 19.4 Å². The molecule has 3 aromatic rings. The predicted molar refractivity (Wildman–Crippen MR) is 126 cm³/mol. The van der Waals surface area contributed by atoms with Gasteiger partial charge in [0.2, 0.25) is 0 Å². The van der Waals surface area contributed by atoms with Gasteiger partial charge in [-0.2, -0.15) is 0 Å². The van der Waals surface area contributed by atoms with Crippen molar-refractivity contribution in [3.05, 3.63) is 77.5 Å². The number of morpholine rings is 1. The van der Waals surface area contributed by atoms with E-state index in [4.69, 9.17) is 9.72 Å². The predicted octanol–water partition coefficient (Wildman–Crippen LogP) is 2.84. The molecule has 2 amide bonds. The highest BCUT2D eigenvalue weighted by Gasteiger charge is 2.29. The highest BCUT2D eigenvalue weighted by molar-refractivity contribution is 6.06. The standard InChI is InChI=1S/C26H28N4O3/c1-28-11-13-29(14-12-28)26(32)21-17-23(27-22-10-6-5-9-20(21)22)24-18-30(15-16-33-24)25(31)19-7-3-2-4-8-19/h2-10,17,24H,11-16,18H2,1H3. The van der Waals surface area contributed by atoms with Crippen LogP contribution in [0, 0.1) is 0 Å². The minimum absolute atomic E-state index is 0.0153. The Morgan fingerprint density at radius 2 is 1.61 bits per heavy atom. The summed E-state index contributed by atoms with van der Waals surface area (Å²) in [5.74, 6) is 0.00871. The maximum absolute atomic E-state index is 13.5. The Hall–Kier alpha value is -3.29. The number of pyridine rings is 1. The molecule has 7 heteroatoms. The Kier molecular flexibility index (Phi) is 6.07. The van der Waals surface area contributed by atoms with E-state index in [9.17, 15) is 9.59 Å². The number of nitrogens with zero attached hydrogens (tertiary/aromatic N) is 4. The van der Waals surface area contributed by atoms with Crippen LogP contribution < -0.4 is 0 Å². The molecule has 0 spiro atoms. The van der Waals surface area contributed by atoms with Gasteiger partial charge in [0.1, 0.15) is 6.10 Å². The Bertz CT molecular complexity index is 1160. The van der Waals surface area contributed by atoms with Crippen molar-refractivity contribution >= 4 is 22.7 Å². The zero-order chi connectivity index (χ0) is 22.8. The maximum Gasteiger partial charge on any atom is 0.254 e. The van der Waals surface area contributed by atoms with Crippen molar-refractivity contribution in [3.63, 3.8) is 0 Å². The number of piperazine rings is 1. The van der Waals surface area contributed by atoms with Gasteiger partial charge in [-0.3, -0.25) is 9.59 Å². The van der Waals surface area contributed by atoms with Gasteiger partial charge in [0, 0.05) is 43.7 Å². The monoisotopic (exact) mass is 444 g/mol. The van der Waals surface area contributed by atoms with Gasteiger partial charge in [0.05, 0.1) is 29.9 Å². The third-order valence-corrected chi connectivity index (χ3v) is 6.46. The van der Waals surface area contributed by atoms with Gasteiger partial charge >= 0.3 is 0 Å². The fourth-order valence-electron chi connectivity index (χ4n) is 4.49. The van der Waals surface area contributed by atoms with Crippen molar-refractivity contribution in [1.29, 1.82) is 0 Å². The molecule has 0 N–H and O–H groups in total. The van der Waals surface area contributed by atoms with E-state index in [1.807, 2.05) is 70.5 Å². The average Bonchev–Trinajstić information content (AvgIpc) is 2.88. The van der Waals surface area contributed by atoms with Gasteiger partial charge in [-0.25, -0.2) is 4.98 Å². The SMILES string of the molecule is CN1CCN(C(=O)c2cc(C3CN(C(=O)c4ccccc4)CCO3)nc3ccccc23)CC1. The molecule has 3 heterocycles. The molecule has 0 bridgehead atoms. The van der Waals surface area contributed by atoms with Crippen molar-refractivity contribution in [1.82, 2.24) is 19.7 Å². The molecule has 2 saturated heterocycles. The number of ether oxygens (including phenoxy) is 1. The van der Waals surface area contributed by atoms with Crippen LogP contribution in [-0.2, 0) is 4.74 Å². The van der Waals surface area contributed by atoms with Crippen molar-refractivity contribution in [2.75, 3.05) is 52.9 Å². The summed E-state index contributed by atoms with van der Waals surface area (Å²) < 4.78 is 6.04. The number of rotatable bonds is 3. The molecule has 1 unspecified atom stereocenters. The molecule has 5 rings (SSSR count). The van der Waals surface area contributed by atoms with Crippen molar-refractivity contribution in [2.45, 2.75) is 6.10 Å². The van der Waals surface area contributed by atoms with E-state index in [2.05, 4.69) is 11.9 Å². The van der Waals surface area contributed by atoms with Crippen LogP contribution in [0.1, 0.15) is 32.5 Å². The van der Waals surface area contributed by atoms with E-state index < -0.39 is 0 Å². The van der Waals surface area contributed by atoms with Gasteiger partial charge in [-0.15, -0.1) is 0 Å². The molecular weight excluding hydrogens is 416 g/mol. The molecule has 1 aromatic heterocycles. The van der Waals surface area contributed by atoms with Crippen LogP contribution in [0.2, 0.25) is 0 Å². The molecule has 170 valence electrons. The Morgan fingerprint density at radius 3 is 2.39 bits per heavy atom. The summed E-state index contributed by atoms with van der Waals surface area (Å²) in [5.41, 5.74) is 2.77. The van der Waals surface area contributed by atoms with E-state index in [1.54, 1.807) is 0 Å². The quantitative estimate of drug-likeness (QED) is 0.622. The first-order valence-electron chi connectivity index (χ1n) is 11.4. The van der Waals surface area contributed by atoms with E-state index in [1.165, 1.54) is 0 Å². The molecule has 2 aliphatic rings. The fourth-order valence-corrected chi connectivity index (χ4v) is 4.49. The summed E-state index contributed by atoms with van der Waals surface area (Å²) in [6, 6.07) is 18.9. The van der Waals surface area contributed by atoms with Gasteiger partial charge in [-0.1, -0.05) is 36.4 Å². The lowest BCUT2D eigenvalue weighted by Gasteiger charge is -2.34. The largest absolute Gasteiger partial charge is 0.368 e. The maximum atomic E-state index is 13.5. The second-order valence-electron chi connectivity index (χ2n) is 8.68. The number of para-hydroxylation sites is 1. The van der Waals surface area contributed by atoms with Crippen LogP contribution in [0.4, 0.5) is 0 Å². The van der Waals surface area contributed by atoms with Crippen LogP contribution in [-0.4, -0.2) is 84.4 Å². The van der Waals surface area contributed by atoms with Crippen molar-refractivity contribution in [3.8, 4) is 0 Å². The van der Waals surface area contributed by atoms with Crippen molar-refractivity contribution in [2.24, 2.45) is 0 Å². The van der Waals surface area contributed by atoms with Gasteiger partial charge in [0.15, 0.2) is 0 Å². The highest BCUT2D eigenvalue weighted by Crippen LogP contribution is 2.27. The smallest absolute Gasteiger partial charge is 0.254 e. The molecule has 1 atom stereocenters. The minimum Gasteiger partial charge on any atom is -0.368 e. The average molecular weight is 445 g/mol. The second kappa shape index (κ2) is 9.29. The molecule has 0 radical (unpaired) electrons. The van der Waals surface area contributed by atoms with Crippen LogP contribution >= 0.6 is 0 Å². The van der Waals surface area contributed by atoms with Crippen LogP contribution in [0.25, 0.3) is 10.9 Å². The number of amides is 2. The van der Waals surface area contributed by atoms with E-state index in [0.717, 1.165) is 24.0 Å². The number of fused-ring (bicyclic) bond motifs is 1. The zero-order valence-electron chi connectivity index (χ0n) is 18.8. The number of aromatic nitrogens is 1. The van der Waals surface area contributed by atoms with Crippen LogP contribution in [0.15, 0.2) is 60.7 Å². The first kappa shape index (κ1) is 21.6. The summed E-state index contributed by atoms with van der Waals surface area (Å²) >= 11 is 0. The minimum atomic E-state index is -0.380. The van der Waals surface area contributed by atoms with Gasteiger partial charge in [-0.05, 0) is 31.3 Å². The number of carbonyl (C=O) groups excluding carboxylic acids is 2. The molecule has 2 aromatic carbocycles. The third kappa shape index (κ3) is 4.47. The highest BCUT2D eigenvalue weighted by atomic mass is 16.5. The molecule has 2 aliphatic heterocycles. The number of benzene rings is 2. The molecule has 7 nitrogen and oxygen atoms in total. The lowest BCUT2D eigenvalue weighted by atomic mass is 10.0. The summed E-state index contributed by atoms with van der Waals surface area (Å²) in [6.45, 7) is 4.51. The first-order chi connectivity index (χ1) is 16.1. The summed E-state index contributed by atoms with van der Waals surface area (Å²) in [5, 5.41) is 0.846. The Balaban J connectivity index is 1.44. The molecule has 2 fully saturated rings. The third-order valence-electron chi connectivity index (χ3n) is 6.46. The van der Waals surface area contributed by atoms with Crippen LogP contribution in [0.3, 0.4) is 0 Å². The van der Waals surface area contributed by atoms with Gasteiger partial charge in [0.25, 0.3) is 11.8 Å². The summed E-state index contributed by atoms with van der Waals surface area (Å²) in [6.07, 6.45) is -0.380. The van der Waals surface area contributed by atoms with Crippen molar-refractivity contribution < 1.29 is 14.3 Å². The summed E-state index contributed by atoms with van der Waals surface area (Å²) in [7, 11) is 2.07. The Labute approximate surface area is 193 Å². The fraction of sp³-hybridized carbons (Fsp3) is 0.346. The normalized spacial score (nSPS) is 19.6. The van der Waals surface area contributed by atoms with Crippen LogP contribution in [0.5, 0.6) is 0 Å². The first-order valence-corrected chi connectivity index (χ1v) is 11.4. The number of hydrogen-bond donors (Lipinski definition) is 0. The zero-order valence-corrected chi connectivity index (χ0v) is 18.8. The van der Waals surface area contributed by atoms with E-state index in [-0.39, 0.29) is 17.9 Å². The Morgan fingerprint density at radius 1 is 0.879 bits per heavy atom. The molecular formula is C26H28N4O3. The summed E-state index contributed by atoms with van der Waals surface area (Å²) in [4.78, 5) is 37.2. The molecule has 33 heavy (non-hydrogen) atoms. The number of carbonyl (C=O) groups is 2. The topological polar surface area (TPSA) is 66.0 Å².